The lowest BCUT2D eigenvalue weighted by Crippen LogP contribution is -2.42. The summed E-state index contributed by atoms with van der Waals surface area (Å²) in [4.78, 5) is 11.4. The predicted molar refractivity (Wildman–Crippen MR) is 64.3 cm³/mol. The Bertz CT molecular complexity index is 195. The third-order valence-electron chi connectivity index (χ3n) is 2.59. The second-order valence-corrected chi connectivity index (χ2v) is 4.31. The van der Waals surface area contributed by atoms with E-state index >= 15 is 0 Å². The van der Waals surface area contributed by atoms with E-state index in [2.05, 4.69) is 26.1 Å². The van der Waals surface area contributed by atoms with Gasteiger partial charge in [-0.1, -0.05) is 20.8 Å². The van der Waals surface area contributed by atoms with E-state index in [-0.39, 0.29) is 18.1 Å². The van der Waals surface area contributed by atoms with E-state index < -0.39 is 0 Å². The van der Waals surface area contributed by atoms with Gasteiger partial charge in [0.15, 0.2) is 0 Å². The molecule has 0 fully saturated rings. The van der Waals surface area contributed by atoms with Crippen molar-refractivity contribution in [3.05, 3.63) is 0 Å². The van der Waals surface area contributed by atoms with E-state index in [0.717, 1.165) is 13.0 Å². The molecule has 0 rings (SSSR count). The first-order valence-electron chi connectivity index (χ1n) is 5.95. The molecule has 0 aliphatic carbocycles. The Morgan fingerprint density at radius 1 is 1.31 bits per heavy atom. The first-order valence-corrected chi connectivity index (χ1v) is 5.95. The van der Waals surface area contributed by atoms with Crippen LogP contribution in [0.15, 0.2) is 0 Å². The van der Waals surface area contributed by atoms with Crippen LogP contribution >= 0.6 is 0 Å². The second-order valence-electron chi connectivity index (χ2n) is 4.31. The quantitative estimate of drug-likeness (QED) is 0.644. The Kier molecular flexibility index (Phi) is 8.21. The average molecular weight is 231 g/mol. The lowest BCUT2D eigenvalue weighted by atomic mass is 10.1. The van der Waals surface area contributed by atoms with E-state index in [1.807, 2.05) is 6.92 Å². The van der Waals surface area contributed by atoms with Gasteiger partial charge in [-0.25, -0.2) is 0 Å². The Morgan fingerprint density at radius 2 is 1.94 bits per heavy atom. The van der Waals surface area contributed by atoms with Crippen LogP contribution in [-0.4, -0.2) is 38.4 Å². The van der Waals surface area contributed by atoms with Crippen molar-refractivity contribution < 1.29 is 14.3 Å². The van der Waals surface area contributed by atoms with Crippen molar-refractivity contribution in [2.75, 3.05) is 20.3 Å². The van der Waals surface area contributed by atoms with Crippen molar-refractivity contribution in [3.8, 4) is 0 Å². The number of methoxy groups -OCH3 is 1. The Balaban J connectivity index is 4.05. The highest BCUT2D eigenvalue weighted by Crippen LogP contribution is 2.06. The summed E-state index contributed by atoms with van der Waals surface area (Å²) in [7, 11) is 1.40. The maximum atomic E-state index is 11.4. The monoisotopic (exact) mass is 231 g/mol. The van der Waals surface area contributed by atoms with Crippen molar-refractivity contribution in [1.29, 1.82) is 0 Å². The molecule has 96 valence electrons. The SMILES string of the molecule is CCCNC(COC(C)C(C)C)C(=O)OC. The topological polar surface area (TPSA) is 47.6 Å². The minimum Gasteiger partial charge on any atom is -0.468 e. The standard InChI is InChI=1S/C12H25NO3/c1-6-7-13-11(12(14)15-5)8-16-10(4)9(2)3/h9-11,13H,6-8H2,1-5H3. The zero-order valence-electron chi connectivity index (χ0n) is 11.1. The van der Waals surface area contributed by atoms with Crippen molar-refractivity contribution in [2.24, 2.45) is 5.92 Å². The molecular weight excluding hydrogens is 206 g/mol. The lowest BCUT2D eigenvalue weighted by Gasteiger charge is -2.21. The Labute approximate surface area is 98.7 Å². The molecule has 4 heteroatoms. The smallest absolute Gasteiger partial charge is 0.325 e. The summed E-state index contributed by atoms with van der Waals surface area (Å²) in [5, 5.41) is 3.11. The molecule has 0 aliphatic heterocycles. The zero-order chi connectivity index (χ0) is 12.6. The largest absolute Gasteiger partial charge is 0.468 e. The van der Waals surface area contributed by atoms with Gasteiger partial charge in [0.1, 0.15) is 6.04 Å². The highest BCUT2D eigenvalue weighted by molar-refractivity contribution is 5.75. The number of rotatable bonds is 8. The second kappa shape index (κ2) is 8.53. The van der Waals surface area contributed by atoms with Crippen LogP contribution in [0.1, 0.15) is 34.1 Å². The van der Waals surface area contributed by atoms with Gasteiger partial charge < -0.3 is 14.8 Å². The molecule has 0 spiro atoms. The Hall–Kier alpha value is -0.610. The van der Waals surface area contributed by atoms with Crippen LogP contribution in [-0.2, 0) is 14.3 Å². The molecule has 16 heavy (non-hydrogen) atoms. The molecule has 0 heterocycles. The van der Waals surface area contributed by atoms with Crippen molar-refractivity contribution >= 4 is 5.97 Å². The number of hydrogen-bond donors (Lipinski definition) is 1. The first-order chi connectivity index (χ1) is 7.52. The summed E-state index contributed by atoms with van der Waals surface area (Å²) >= 11 is 0. The van der Waals surface area contributed by atoms with Crippen molar-refractivity contribution in [1.82, 2.24) is 5.32 Å². The van der Waals surface area contributed by atoms with E-state index in [4.69, 9.17) is 9.47 Å². The van der Waals surface area contributed by atoms with Gasteiger partial charge in [0.25, 0.3) is 0 Å². The van der Waals surface area contributed by atoms with Crippen molar-refractivity contribution in [3.63, 3.8) is 0 Å². The molecule has 2 unspecified atom stereocenters. The van der Waals surface area contributed by atoms with Crippen molar-refractivity contribution in [2.45, 2.75) is 46.3 Å². The van der Waals surface area contributed by atoms with E-state index in [1.54, 1.807) is 0 Å². The zero-order valence-corrected chi connectivity index (χ0v) is 11.1. The van der Waals surface area contributed by atoms with E-state index in [9.17, 15) is 4.79 Å². The predicted octanol–water partition coefficient (Wildman–Crippen LogP) is 1.59. The number of ether oxygens (including phenoxy) is 2. The fraction of sp³-hybridized carbons (Fsp3) is 0.917. The Morgan fingerprint density at radius 3 is 2.38 bits per heavy atom. The van der Waals surface area contributed by atoms with E-state index in [0.29, 0.717) is 12.5 Å². The molecular formula is C12H25NO3. The minimum atomic E-state index is -0.355. The van der Waals surface area contributed by atoms with Gasteiger partial charge >= 0.3 is 5.97 Å². The summed E-state index contributed by atoms with van der Waals surface area (Å²) in [5.74, 6) is 0.189. The van der Waals surface area contributed by atoms with E-state index in [1.165, 1.54) is 7.11 Å². The lowest BCUT2D eigenvalue weighted by molar-refractivity contribution is -0.145. The summed E-state index contributed by atoms with van der Waals surface area (Å²) < 4.78 is 10.3. The molecule has 0 aromatic carbocycles. The average Bonchev–Trinajstić information content (AvgIpc) is 2.27. The molecule has 0 amide bonds. The number of esters is 1. The van der Waals surface area contributed by atoms with Crippen LogP contribution in [0.5, 0.6) is 0 Å². The first kappa shape index (κ1) is 15.4. The van der Waals surface area contributed by atoms with Crippen LogP contribution in [0, 0.1) is 5.92 Å². The van der Waals surface area contributed by atoms with Gasteiger partial charge in [0.2, 0.25) is 0 Å². The molecule has 0 aliphatic rings. The highest BCUT2D eigenvalue weighted by Gasteiger charge is 2.20. The third kappa shape index (κ3) is 6.08. The minimum absolute atomic E-state index is 0.149. The number of nitrogens with one attached hydrogen (secondary N) is 1. The maximum Gasteiger partial charge on any atom is 0.325 e. The highest BCUT2D eigenvalue weighted by atomic mass is 16.5. The third-order valence-corrected chi connectivity index (χ3v) is 2.59. The number of carbonyl (C=O) groups is 1. The molecule has 2 atom stereocenters. The fourth-order valence-corrected chi connectivity index (χ4v) is 1.11. The summed E-state index contributed by atoms with van der Waals surface area (Å²) in [6.07, 6.45) is 1.13. The van der Waals surface area contributed by atoms with Crippen LogP contribution in [0.4, 0.5) is 0 Å². The molecule has 0 bridgehead atoms. The molecule has 0 aromatic rings. The van der Waals surface area contributed by atoms with Crippen LogP contribution in [0.3, 0.4) is 0 Å². The number of hydrogen-bond acceptors (Lipinski definition) is 4. The molecule has 0 saturated heterocycles. The summed E-state index contributed by atoms with van der Waals surface area (Å²) in [6.45, 7) is 9.41. The van der Waals surface area contributed by atoms with Crippen LogP contribution in [0.25, 0.3) is 0 Å². The van der Waals surface area contributed by atoms with Gasteiger partial charge in [-0.3, -0.25) is 4.79 Å². The normalized spacial score (nSPS) is 14.9. The van der Waals surface area contributed by atoms with Crippen LogP contribution < -0.4 is 5.32 Å². The molecule has 0 radical (unpaired) electrons. The van der Waals surface area contributed by atoms with Crippen LogP contribution in [0.2, 0.25) is 0 Å². The molecule has 1 N–H and O–H groups in total. The van der Waals surface area contributed by atoms with Gasteiger partial charge in [0.05, 0.1) is 19.8 Å². The molecule has 0 aromatic heterocycles. The van der Waals surface area contributed by atoms with Gasteiger partial charge in [0, 0.05) is 0 Å². The molecule has 0 saturated carbocycles. The maximum absolute atomic E-state index is 11.4. The summed E-state index contributed by atoms with van der Waals surface area (Å²) in [5.41, 5.74) is 0. The molecule has 4 nitrogen and oxygen atoms in total. The van der Waals surface area contributed by atoms with Gasteiger partial charge in [-0.05, 0) is 25.8 Å². The van der Waals surface area contributed by atoms with Gasteiger partial charge in [-0.15, -0.1) is 0 Å². The number of carbonyl (C=O) groups excluding carboxylic acids is 1. The van der Waals surface area contributed by atoms with Gasteiger partial charge in [-0.2, -0.15) is 0 Å². The fourth-order valence-electron chi connectivity index (χ4n) is 1.11. The summed E-state index contributed by atoms with van der Waals surface area (Å²) in [6, 6.07) is -0.355.